The Labute approximate surface area is 104 Å². The summed E-state index contributed by atoms with van der Waals surface area (Å²) in [5.41, 5.74) is 0.342. The molecule has 1 aromatic carbocycles. The number of aromatic nitrogens is 1. The second kappa shape index (κ2) is 4.41. The minimum Gasteiger partial charge on any atom is -0.496 e. The van der Waals surface area contributed by atoms with E-state index in [1.807, 2.05) is 6.07 Å². The lowest BCUT2D eigenvalue weighted by Gasteiger charge is -2.13. The van der Waals surface area contributed by atoms with E-state index in [0.29, 0.717) is 22.4 Å². The summed E-state index contributed by atoms with van der Waals surface area (Å²) < 4.78 is 11.9. The molecule has 18 heavy (non-hydrogen) atoms. The second-order valence-corrected chi connectivity index (χ2v) is 3.77. The molecule has 0 radical (unpaired) electrons. The summed E-state index contributed by atoms with van der Waals surface area (Å²) in [4.78, 5) is 11.9. The van der Waals surface area contributed by atoms with E-state index in [1.165, 1.54) is 17.7 Å². The van der Waals surface area contributed by atoms with E-state index < -0.39 is 0 Å². The quantitative estimate of drug-likeness (QED) is 0.801. The highest BCUT2D eigenvalue weighted by atomic mass is 16.5. The molecular weight excluding hydrogens is 232 g/mol. The van der Waals surface area contributed by atoms with Crippen molar-refractivity contribution in [2.45, 2.75) is 0 Å². The van der Waals surface area contributed by atoms with Crippen molar-refractivity contribution in [3.05, 3.63) is 34.1 Å². The molecule has 0 saturated heterocycles. The molecule has 5 nitrogen and oxygen atoms in total. The predicted octanol–water partition coefficient (Wildman–Crippen LogP) is 1.43. The molecular formula is C13H12N2O3. The molecule has 0 atom stereocenters. The van der Waals surface area contributed by atoms with E-state index in [-0.39, 0.29) is 11.1 Å². The van der Waals surface area contributed by atoms with Crippen LogP contribution in [0.2, 0.25) is 0 Å². The van der Waals surface area contributed by atoms with Gasteiger partial charge in [-0.2, -0.15) is 5.26 Å². The van der Waals surface area contributed by atoms with Gasteiger partial charge in [-0.05, 0) is 18.2 Å². The highest BCUT2D eigenvalue weighted by molar-refractivity contribution is 5.91. The number of nitriles is 1. The van der Waals surface area contributed by atoms with Gasteiger partial charge in [-0.15, -0.1) is 0 Å². The van der Waals surface area contributed by atoms with Crippen LogP contribution in [-0.2, 0) is 7.05 Å². The largest absolute Gasteiger partial charge is 0.496 e. The third kappa shape index (κ3) is 1.59. The summed E-state index contributed by atoms with van der Waals surface area (Å²) in [6.07, 6.45) is 0. The van der Waals surface area contributed by atoms with Crippen molar-refractivity contribution in [3.63, 3.8) is 0 Å². The smallest absolute Gasteiger partial charge is 0.268 e. The maximum atomic E-state index is 11.9. The van der Waals surface area contributed by atoms with Crippen LogP contribution in [0.5, 0.6) is 11.5 Å². The molecule has 1 heterocycles. The van der Waals surface area contributed by atoms with Gasteiger partial charge in [0.05, 0.1) is 19.7 Å². The molecule has 5 heteroatoms. The molecule has 0 fully saturated rings. The van der Waals surface area contributed by atoms with Crippen LogP contribution < -0.4 is 15.0 Å². The first-order valence-electron chi connectivity index (χ1n) is 5.28. The Kier molecular flexibility index (Phi) is 2.94. The summed E-state index contributed by atoms with van der Waals surface area (Å²) >= 11 is 0. The standard InChI is InChI=1S/C13H12N2O3/c1-15-12-9(6-8(7-14)13(15)16)10(17-2)4-5-11(12)18-3/h4-6H,1-3H3. The Morgan fingerprint density at radius 1 is 1.22 bits per heavy atom. The molecule has 2 aromatic rings. The Morgan fingerprint density at radius 2 is 1.83 bits per heavy atom. The monoisotopic (exact) mass is 244 g/mol. The van der Waals surface area contributed by atoms with Gasteiger partial charge >= 0.3 is 0 Å². The fourth-order valence-electron chi connectivity index (χ4n) is 1.97. The van der Waals surface area contributed by atoms with E-state index >= 15 is 0 Å². The van der Waals surface area contributed by atoms with Crippen LogP contribution in [0.25, 0.3) is 10.9 Å². The second-order valence-electron chi connectivity index (χ2n) is 3.77. The van der Waals surface area contributed by atoms with Crippen molar-refractivity contribution in [2.24, 2.45) is 7.05 Å². The average molecular weight is 244 g/mol. The highest BCUT2D eigenvalue weighted by Gasteiger charge is 2.14. The first-order valence-corrected chi connectivity index (χ1v) is 5.28. The van der Waals surface area contributed by atoms with Crippen LogP contribution in [0, 0.1) is 11.3 Å². The van der Waals surface area contributed by atoms with Crippen molar-refractivity contribution < 1.29 is 9.47 Å². The van der Waals surface area contributed by atoms with Gasteiger partial charge in [0, 0.05) is 12.4 Å². The van der Waals surface area contributed by atoms with Gasteiger partial charge in [0.15, 0.2) is 0 Å². The molecule has 1 aromatic heterocycles. The molecule has 92 valence electrons. The van der Waals surface area contributed by atoms with E-state index in [0.717, 1.165) is 0 Å². The lowest BCUT2D eigenvalue weighted by molar-refractivity contribution is 0.408. The first-order chi connectivity index (χ1) is 8.63. The number of nitrogens with zero attached hydrogens (tertiary/aromatic N) is 2. The topological polar surface area (TPSA) is 64.2 Å². The normalized spacial score (nSPS) is 10.1. The molecule has 0 bridgehead atoms. The summed E-state index contributed by atoms with van der Waals surface area (Å²) in [6.45, 7) is 0. The Bertz CT molecular complexity index is 711. The van der Waals surface area contributed by atoms with E-state index in [2.05, 4.69) is 0 Å². The van der Waals surface area contributed by atoms with Crippen LogP contribution in [0.4, 0.5) is 0 Å². The maximum Gasteiger partial charge on any atom is 0.268 e. The number of ether oxygens (including phenoxy) is 2. The number of hydrogen-bond acceptors (Lipinski definition) is 4. The number of methoxy groups -OCH3 is 2. The van der Waals surface area contributed by atoms with Gasteiger partial charge in [0.25, 0.3) is 5.56 Å². The molecule has 0 aliphatic carbocycles. The Balaban J connectivity index is 3.04. The number of rotatable bonds is 2. The summed E-state index contributed by atoms with van der Waals surface area (Å²) in [7, 11) is 4.68. The summed E-state index contributed by atoms with van der Waals surface area (Å²) in [5, 5.41) is 9.63. The van der Waals surface area contributed by atoms with Crippen molar-refractivity contribution in [1.82, 2.24) is 4.57 Å². The molecule has 0 unspecified atom stereocenters. The van der Waals surface area contributed by atoms with Crippen LogP contribution in [-0.4, -0.2) is 18.8 Å². The summed E-state index contributed by atoms with van der Waals surface area (Å²) in [5.74, 6) is 1.16. The number of hydrogen-bond donors (Lipinski definition) is 0. The number of aryl methyl sites for hydroxylation is 1. The van der Waals surface area contributed by atoms with Crippen molar-refractivity contribution >= 4 is 10.9 Å². The molecule has 2 rings (SSSR count). The number of pyridine rings is 1. The fraction of sp³-hybridized carbons (Fsp3) is 0.231. The van der Waals surface area contributed by atoms with Gasteiger partial charge in [0.2, 0.25) is 0 Å². The average Bonchev–Trinajstić information content (AvgIpc) is 2.41. The molecule has 0 N–H and O–H groups in total. The molecule has 0 aliphatic rings. The molecule has 0 spiro atoms. The van der Waals surface area contributed by atoms with Gasteiger partial charge in [-0.25, -0.2) is 0 Å². The van der Waals surface area contributed by atoms with E-state index in [4.69, 9.17) is 14.7 Å². The minimum atomic E-state index is -0.350. The van der Waals surface area contributed by atoms with E-state index in [9.17, 15) is 4.79 Å². The fourth-order valence-corrected chi connectivity index (χ4v) is 1.97. The molecule has 0 amide bonds. The zero-order valence-electron chi connectivity index (χ0n) is 10.4. The highest BCUT2D eigenvalue weighted by Crippen LogP contribution is 2.32. The Hall–Kier alpha value is -2.48. The van der Waals surface area contributed by atoms with Gasteiger partial charge in [-0.3, -0.25) is 4.79 Å². The van der Waals surface area contributed by atoms with Gasteiger partial charge in [0.1, 0.15) is 23.1 Å². The van der Waals surface area contributed by atoms with Crippen molar-refractivity contribution in [2.75, 3.05) is 14.2 Å². The maximum absolute atomic E-state index is 11.9. The number of benzene rings is 1. The van der Waals surface area contributed by atoms with Gasteiger partial charge in [-0.1, -0.05) is 0 Å². The summed E-state index contributed by atoms with van der Waals surface area (Å²) in [6, 6.07) is 6.89. The Morgan fingerprint density at radius 3 is 2.39 bits per heavy atom. The lowest BCUT2D eigenvalue weighted by Crippen LogP contribution is -2.20. The molecule has 0 saturated carbocycles. The van der Waals surface area contributed by atoms with Crippen LogP contribution in [0.15, 0.2) is 23.0 Å². The lowest BCUT2D eigenvalue weighted by atomic mass is 10.1. The van der Waals surface area contributed by atoms with Crippen LogP contribution in [0.1, 0.15) is 5.56 Å². The van der Waals surface area contributed by atoms with Crippen molar-refractivity contribution in [3.8, 4) is 17.6 Å². The number of fused-ring (bicyclic) bond motifs is 1. The molecule has 0 aliphatic heterocycles. The third-order valence-electron chi connectivity index (χ3n) is 2.86. The SMILES string of the molecule is COc1ccc(OC)c2c1cc(C#N)c(=O)n2C. The predicted molar refractivity (Wildman–Crippen MR) is 67.0 cm³/mol. The minimum absolute atomic E-state index is 0.0801. The van der Waals surface area contributed by atoms with Gasteiger partial charge < -0.3 is 14.0 Å². The van der Waals surface area contributed by atoms with Crippen molar-refractivity contribution in [1.29, 1.82) is 5.26 Å². The zero-order valence-corrected chi connectivity index (χ0v) is 10.4. The zero-order chi connectivity index (χ0) is 13.3. The first kappa shape index (κ1) is 12.0. The third-order valence-corrected chi connectivity index (χ3v) is 2.86. The van der Waals surface area contributed by atoms with Crippen LogP contribution in [0.3, 0.4) is 0 Å². The van der Waals surface area contributed by atoms with E-state index in [1.54, 1.807) is 26.3 Å². The van der Waals surface area contributed by atoms with Crippen LogP contribution >= 0.6 is 0 Å².